The van der Waals surface area contributed by atoms with Gasteiger partial charge in [-0.2, -0.15) is 0 Å². The summed E-state index contributed by atoms with van der Waals surface area (Å²) in [5, 5.41) is 3.78. The first-order chi connectivity index (χ1) is 8.20. The molecule has 0 heterocycles. The van der Waals surface area contributed by atoms with Gasteiger partial charge in [0.2, 0.25) is 5.91 Å². The lowest BCUT2D eigenvalue weighted by atomic mass is 10.1. The normalized spacial score (nSPS) is 23.5. The van der Waals surface area contributed by atoms with Crippen molar-refractivity contribution >= 4 is 17.5 Å². The van der Waals surface area contributed by atoms with E-state index in [1.165, 1.54) is 18.4 Å². The minimum absolute atomic E-state index is 0.254. The van der Waals surface area contributed by atoms with Crippen molar-refractivity contribution in [1.29, 1.82) is 0 Å². The molecule has 2 nitrogen and oxygen atoms in total. The van der Waals surface area contributed by atoms with E-state index in [9.17, 15) is 4.79 Å². The maximum Gasteiger partial charge on any atom is 0.223 e. The van der Waals surface area contributed by atoms with Crippen LogP contribution in [-0.4, -0.2) is 12.5 Å². The standard InChI is InChI=1S/C14H16ClNO/c15-11-3-1-2-10(8-11)4-7-16-13(17)12-9-14(12)5-6-14/h1-3,8,12H,4-7,9H2,(H,16,17). The Labute approximate surface area is 106 Å². The Hall–Kier alpha value is -1.02. The van der Waals surface area contributed by atoms with Crippen LogP contribution in [0.25, 0.3) is 0 Å². The third-order valence-corrected chi connectivity index (χ3v) is 4.24. The molecular formula is C14H16ClNO. The minimum Gasteiger partial charge on any atom is -0.356 e. The molecule has 2 aliphatic rings. The fourth-order valence-electron chi connectivity index (χ4n) is 2.58. The van der Waals surface area contributed by atoms with E-state index in [0.717, 1.165) is 17.9 Å². The zero-order valence-electron chi connectivity index (χ0n) is 9.71. The van der Waals surface area contributed by atoms with Crippen molar-refractivity contribution in [2.45, 2.75) is 25.7 Å². The van der Waals surface area contributed by atoms with Crippen LogP contribution in [0.5, 0.6) is 0 Å². The van der Waals surface area contributed by atoms with Gasteiger partial charge < -0.3 is 5.32 Å². The molecule has 3 heteroatoms. The monoisotopic (exact) mass is 249 g/mol. The summed E-state index contributed by atoms with van der Waals surface area (Å²) < 4.78 is 0. The first-order valence-electron chi connectivity index (χ1n) is 6.22. The van der Waals surface area contributed by atoms with E-state index in [0.29, 0.717) is 17.9 Å². The SMILES string of the molecule is O=C(NCCc1cccc(Cl)c1)C1CC12CC2. The molecule has 1 aromatic rings. The van der Waals surface area contributed by atoms with E-state index in [4.69, 9.17) is 11.6 Å². The van der Waals surface area contributed by atoms with Gasteiger partial charge in [0.1, 0.15) is 0 Å². The Morgan fingerprint density at radius 3 is 2.94 bits per heavy atom. The van der Waals surface area contributed by atoms with Crippen LogP contribution in [0.2, 0.25) is 5.02 Å². The molecule has 1 N–H and O–H groups in total. The zero-order chi connectivity index (χ0) is 11.9. The molecule has 1 aromatic carbocycles. The third kappa shape index (κ3) is 2.32. The summed E-state index contributed by atoms with van der Waals surface area (Å²) in [4.78, 5) is 11.8. The van der Waals surface area contributed by atoms with Crippen LogP contribution in [0.4, 0.5) is 0 Å². The predicted octanol–water partition coefficient (Wildman–Crippen LogP) is 2.80. The molecule has 0 aromatic heterocycles. The van der Waals surface area contributed by atoms with Crippen LogP contribution in [0.3, 0.4) is 0 Å². The van der Waals surface area contributed by atoms with Crippen LogP contribution < -0.4 is 5.32 Å². The first-order valence-corrected chi connectivity index (χ1v) is 6.60. The molecular weight excluding hydrogens is 234 g/mol. The summed E-state index contributed by atoms with van der Waals surface area (Å²) in [5.41, 5.74) is 1.63. The van der Waals surface area contributed by atoms with Crippen LogP contribution in [0.15, 0.2) is 24.3 Å². The number of nitrogens with one attached hydrogen (secondary N) is 1. The van der Waals surface area contributed by atoms with E-state index in [-0.39, 0.29) is 5.91 Å². The average Bonchev–Trinajstić information content (AvgIpc) is 3.20. The van der Waals surface area contributed by atoms with Crippen LogP contribution in [0, 0.1) is 11.3 Å². The lowest BCUT2D eigenvalue weighted by Gasteiger charge is -2.05. The number of amides is 1. The zero-order valence-corrected chi connectivity index (χ0v) is 10.5. The molecule has 2 aliphatic carbocycles. The van der Waals surface area contributed by atoms with Gasteiger partial charge in [-0.25, -0.2) is 0 Å². The fourth-order valence-corrected chi connectivity index (χ4v) is 2.79. The van der Waals surface area contributed by atoms with Crippen molar-refractivity contribution in [2.24, 2.45) is 11.3 Å². The molecule has 1 spiro atoms. The molecule has 1 amide bonds. The van der Waals surface area contributed by atoms with Gasteiger partial charge in [-0.1, -0.05) is 23.7 Å². The van der Waals surface area contributed by atoms with Gasteiger partial charge in [0.15, 0.2) is 0 Å². The molecule has 17 heavy (non-hydrogen) atoms. The van der Waals surface area contributed by atoms with Gasteiger partial charge in [-0.15, -0.1) is 0 Å². The smallest absolute Gasteiger partial charge is 0.223 e. The van der Waals surface area contributed by atoms with Gasteiger partial charge >= 0.3 is 0 Å². The number of benzene rings is 1. The van der Waals surface area contributed by atoms with E-state index in [2.05, 4.69) is 5.32 Å². The molecule has 0 radical (unpaired) electrons. The van der Waals surface area contributed by atoms with E-state index in [1.54, 1.807) is 0 Å². The van der Waals surface area contributed by atoms with Gasteiger partial charge in [-0.3, -0.25) is 4.79 Å². The highest BCUT2D eigenvalue weighted by Crippen LogP contribution is 2.70. The first kappa shape index (κ1) is 11.1. The van der Waals surface area contributed by atoms with Crippen LogP contribution in [-0.2, 0) is 11.2 Å². The number of hydrogen-bond acceptors (Lipinski definition) is 1. The lowest BCUT2D eigenvalue weighted by molar-refractivity contribution is -0.122. The number of rotatable bonds is 4. The second-order valence-electron chi connectivity index (χ2n) is 5.29. The van der Waals surface area contributed by atoms with Gasteiger partial charge in [0, 0.05) is 17.5 Å². The summed E-state index contributed by atoms with van der Waals surface area (Å²) in [6, 6.07) is 7.80. The maximum atomic E-state index is 11.8. The topological polar surface area (TPSA) is 29.1 Å². The molecule has 2 fully saturated rings. The van der Waals surface area contributed by atoms with Gasteiger partial charge in [-0.05, 0) is 48.8 Å². The van der Waals surface area contributed by atoms with E-state index in [1.807, 2.05) is 24.3 Å². The highest BCUT2D eigenvalue weighted by molar-refractivity contribution is 6.30. The molecule has 3 rings (SSSR count). The largest absolute Gasteiger partial charge is 0.356 e. The predicted molar refractivity (Wildman–Crippen MR) is 67.9 cm³/mol. The number of halogens is 1. The fraction of sp³-hybridized carbons (Fsp3) is 0.500. The Bertz CT molecular complexity index is 453. The molecule has 0 saturated heterocycles. The number of hydrogen-bond donors (Lipinski definition) is 1. The van der Waals surface area contributed by atoms with Crippen molar-refractivity contribution < 1.29 is 4.79 Å². The highest BCUT2D eigenvalue weighted by Gasteiger charge is 2.65. The lowest BCUT2D eigenvalue weighted by Crippen LogP contribution is -2.27. The quantitative estimate of drug-likeness (QED) is 0.874. The average molecular weight is 250 g/mol. The summed E-state index contributed by atoms with van der Waals surface area (Å²) >= 11 is 5.91. The Kier molecular flexibility index (Phi) is 2.62. The van der Waals surface area contributed by atoms with Crippen molar-refractivity contribution in [3.05, 3.63) is 34.9 Å². The number of carbonyl (C=O) groups excluding carboxylic acids is 1. The van der Waals surface area contributed by atoms with E-state index >= 15 is 0 Å². The van der Waals surface area contributed by atoms with Crippen LogP contribution in [0.1, 0.15) is 24.8 Å². The summed E-state index contributed by atoms with van der Waals surface area (Å²) in [6.07, 6.45) is 4.50. The third-order valence-electron chi connectivity index (χ3n) is 4.00. The molecule has 1 unspecified atom stereocenters. The summed E-state index contributed by atoms with van der Waals surface area (Å²) in [5.74, 6) is 0.575. The van der Waals surface area contributed by atoms with Crippen molar-refractivity contribution in [3.63, 3.8) is 0 Å². The number of carbonyl (C=O) groups is 1. The Morgan fingerprint density at radius 2 is 2.29 bits per heavy atom. The van der Waals surface area contributed by atoms with E-state index < -0.39 is 0 Å². The van der Waals surface area contributed by atoms with Gasteiger partial charge in [0.25, 0.3) is 0 Å². The highest BCUT2D eigenvalue weighted by atomic mass is 35.5. The minimum atomic E-state index is 0.254. The summed E-state index contributed by atoms with van der Waals surface area (Å²) in [6.45, 7) is 0.714. The summed E-state index contributed by atoms with van der Waals surface area (Å²) in [7, 11) is 0. The Morgan fingerprint density at radius 1 is 1.47 bits per heavy atom. The maximum absolute atomic E-state index is 11.8. The second kappa shape index (κ2) is 4.02. The molecule has 90 valence electrons. The second-order valence-corrected chi connectivity index (χ2v) is 5.73. The van der Waals surface area contributed by atoms with Gasteiger partial charge in [0.05, 0.1) is 0 Å². The van der Waals surface area contributed by atoms with Crippen LogP contribution >= 0.6 is 11.6 Å². The Balaban J connectivity index is 1.44. The molecule has 0 aliphatic heterocycles. The molecule has 0 bridgehead atoms. The molecule has 1 atom stereocenters. The van der Waals surface area contributed by atoms with Crippen molar-refractivity contribution in [3.8, 4) is 0 Å². The molecule has 2 saturated carbocycles. The van der Waals surface area contributed by atoms with Crippen molar-refractivity contribution in [1.82, 2.24) is 5.32 Å². The van der Waals surface area contributed by atoms with Crippen molar-refractivity contribution in [2.75, 3.05) is 6.54 Å².